The van der Waals surface area contributed by atoms with E-state index < -0.39 is 0 Å². The highest BCUT2D eigenvalue weighted by Gasteiger charge is 2.18. The summed E-state index contributed by atoms with van der Waals surface area (Å²) < 4.78 is 11.4. The number of rotatable bonds is 6. The van der Waals surface area contributed by atoms with Gasteiger partial charge in [0.15, 0.2) is 0 Å². The number of halogens is 1. The molecule has 1 aliphatic heterocycles. The van der Waals surface area contributed by atoms with Crippen molar-refractivity contribution in [3.8, 4) is 5.75 Å². The number of carbonyl (C=O) groups excluding carboxylic acids is 1. The van der Waals surface area contributed by atoms with Crippen LogP contribution in [0.1, 0.15) is 21.8 Å². The Hall–Kier alpha value is -1.86. The fourth-order valence-corrected chi connectivity index (χ4v) is 2.72. The molecule has 0 bridgehead atoms. The first-order valence-electron chi connectivity index (χ1n) is 7.45. The molecule has 3 rings (SSSR count). The summed E-state index contributed by atoms with van der Waals surface area (Å²) >= 11 is 3.44. The first kappa shape index (κ1) is 16.0. The van der Waals surface area contributed by atoms with E-state index in [-0.39, 0.29) is 5.91 Å². The van der Waals surface area contributed by atoms with E-state index in [1.807, 2.05) is 13.0 Å². The normalized spacial score (nSPS) is 14.3. The molecule has 0 atom stereocenters. The van der Waals surface area contributed by atoms with Gasteiger partial charge < -0.3 is 19.9 Å². The van der Waals surface area contributed by atoms with Gasteiger partial charge in [0.05, 0.1) is 4.47 Å². The van der Waals surface area contributed by atoms with E-state index in [4.69, 9.17) is 9.26 Å². The van der Waals surface area contributed by atoms with Gasteiger partial charge in [-0.25, -0.2) is 0 Å². The van der Waals surface area contributed by atoms with Gasteiger partial charge in [0.25, 0.3) is 5.91 Å². The molecule has 1 amide bonds. The highest BCUT2D eigenvalue weighted by molar-refractivity contribution is 9.10. The molecule has 0 aliphatic carbocycles. The third-order valence-corrected chi connectivity index (χ3v) is 4.28. The van der Waals surface area contributed by atoms with Crippen molar-refractivity contribution in [1.82, 2.24) is 15.8 Å². The maximum atomic E-state index is 12.1. The minimum Gasteiger partial charge on any atom is -0.486 e. The van der Waals surface area contributed by atoms with Gasteiger partial charge in [-0.2, -0.15) is 0 Å². The minimum absolute atomic E-state index is 0.0729. The monoisotopic (exact) mass is 379 g/mol. The number of benzene rings is 1. The molecule has 7 heteroatoms. The smallest absolute Gasteiger partial charge is 0.251 e. The van der Waals surface area contributed by atoms with Crippen LogP contribution in [0.3, 0.4) is 0 Å². The number of ether oxygens (including phenoxy) is 1. The van der Waals surface area contributed by atoms with Crippen LogP contribution in [-0.4, -0.2) is 30.7 Å². The molecule has 1 aromatic carbocycles. The number of hydrogen-bond acceptors (Lipinski definition) is 5. The second kappa shape index (κ2) is 7.14. The second-order valence-corrected chi connectivity index (χ2v) is 6.45. The van der Waals surface area contributed by atoms with E-state index in [9.17, 15) is 4.79 Å². The zero-order valence-electron chi connectivity index (χ0n) is 12.8. The molecule has 1 aliphatic rings. The average molecular weight is 380 g/mol. The van der Waals surface area contributed by atoms with Crippen LogP contribution >= 0.6 is 15.9 Å². The van der Waals surface area contributed by atoms with E-state index >= 15 is 0 Å². The Labute approximate surface area is 142 Å². The third-order valence-electron chi connectivity index (χ3n) is 3.66. The van der Waals surface area contributed by atoms with Gasteiger partial charge in [0.2, 0.25) is 0 Å². The van der Waals surface area contributed by atoms with Gasteiger partial charge in [-0.3, -0.25) is 4.79 Å². The van der Waals surface area contributed by atoms with Crippen molar-refractivity contribution in [2.75, 3.05) is 19.6 Å². The number of aromatic nitrogens is 1. The Morgan fingerprint density at radius 2 is 2.30 bits per heavy atom. The third kappa shape index (κ3) is 4.11. The van der Waals surface area contributed by atoms with Crippen molar-refractivity contribution < 1.29 is 14.1 Å². The Balaban J connectivity index is 1.57. The topological polar surface area (TPSA) is 76.4 Å². The quantitative estimate of drug-likeness (QED) is 0.804. The van der Waals surface area contributed by atoms with E-state index in [0.29, 0.717) is 30.4 Å². The lowest BCUT2D eigenvalue weighted by Gasteiger charge is -2.27. The molecule has 2 N–H and O–H groups in total. The number of nitrogens with one attached hydrogen (secondary N) is 2. The first-order valence-corrected chi connectivity index (χ1v) is 8.24. The molecular formula is C16H18BrN3O3. The number of aryl methyl sites for hydroxylation is 1. The van der Waals surface area contributed by atoms with E-state index in [1.54, 1.807) is 18.2 Å². The van der Waals surface area contributed by atoms with E-state index in [1.165, 1.54) is 0 Å². The molecule has 0 unspecified atom stereocenters. The van der Waals surface area contributed by atoms with Gasteiger partial charge in [0, 0.05) is 37.2 Å². The summed E-state index contributed by atoms with van der Waals surface area (Å²) in [6, 6.07) is 7.11. The standard InChI is InChI=1S/C16H18BrN3O3/c1-10-4-13(20-23-10)9-22-15-3-2-12(5-14(15)17)16(21)19-8-11-6-18-7-11/h2-5,11,18H,6-9H2,1H3,(H,19,21). The second-order valence-electron chi connectivity index (χ2n) is 5.60. The van der Waals surface area contributed by atoms with E-state index in [2.05, 4.69) is 31.7 Å². The zero-order chi connectivity index (χ0) is 16.2. The van der Waals surface area contributed by atoms with E-state index in [0.717, 1.165) is 29.0 Å². The fraction of sp³-hybridized carbons (Fsp3) is 0.375. The number of amides is 1. The van der Waals surface area contributed by atoms with Crippen molar-refractivity contribution in [3.05, 3.63) is 45.8 Å². The Morgan fingerprint density at radius 1 is 1.48 bits per heavy atom. The fourth-order valence-electron chi connectivity index (χ4n) is 2.23. The molecule has 122 valence electrons. The predicted molar refractivity (Wildman–Crippen MR) is 88.4 cm³/mol. The number of hydrogen-bond donors (Lipinski definition) is 2. The minimum atomic E-state index is -0.0729. The maximum absolute atomic E-state index is 12.1. The summed E-state index contributed by atoms with van der Waals surface area (Å²) in [6.07, 6.45) is 0. The largest absolute Gasteiger partial charge is 0.486 e. The molecule has 2 aromatic rings. The molecular weight excluding hydrogens is 362 g/mol. The van der Waals surface area contributed by atoms with Crippen LogP contribution < -0.4 is 15.4 Å². The zero-order valence-corrected chi connectivity index (χ0v) is 14.4. The molecule has 1 aromatic heterocycles. The molecule has 23 heavy (non-hydrogen) atoms. The summed E-state index contributed by atoms with van der Waals surface area (Å²) in [5.74, 6) is 1.87. The summed E-state index contributed by atoms with van der Waals surface area (Å²) in [5.41, 5.74) is 1.33. The van der Waals surface area contributed by atoms with Gasteiger partial charge in [-0.1, -0.05) is 5.16 Å². The highest BCUT2D eigenvalue weighted by atomic mass is 79.9. The van der Waals surface area contributed by atoms with Crippen molar-refractivity contribution in [1.29, 1.82) is 0 Å². The van der Waals surface area contributed by atoms with Crippen molar-refractivity contribution in [3.63, 3.8) is 0 Å². The van der Waals surface area contributed by atoms with Gasteiger partial charge in [0.1, 0.15) is 23.8 Å². The average Bonchev–Trinajstić information content (AvgIpc) is 2.90. The van der Waals surface area contributed by atoms with Crippen LogP contribution in [0.4, 0.5) is 0 Å². The lowest BCUT2D eigenvalue weighted by molar-refractivity contribution is 0.0942. The van der Waals surface area contributed by atoms with Crippen molar-refractivity contribution in [2.24, 2.45) is 5.92 Å². The molecule has 1 fully saturated rings. The first-order chi connectivity index (χ1) is 11.1. The van der Waals surface area contributed by atoms with Crippen LogP contribution in [0.15, 0.2) is 33.3 Å². The van der Waals surface area contributed by atoms with Crippen molar-refractivity contribution >= 4 is 21.8 Å². The van der Waals surface area contributed by atoms with Gasteiger partial charge >= 0.3 is 0 Å². The predicted octanol–water partition coefficient (Wildman–Crippen LogP) is 2.27. The summed E-state index contributed by atoms with van der Waals surface area (Å²) in [5, 5.41) is 10.0. The van der Waals surface area contributed by atoms with Gasteiger partial charge in [-0.15, -0.1) is 0 Å². The SMILES string of the molecule is Cc1cc(COc2ccc(C(=O)NCC3CNC3)cc2Br)no1. The lowest BCUT2D eigenvalue weighted by atomic mass is 10.0. The lowest BCUT2D eigenvalue weighted by Crippen LogP contribution is -2.48. The van der Waals surface area contributed by atoms with Crippen LogP contribution in [0.5, 0.6) is 5.75 Å². The van der Waals surface area contributed by atoms with Crippen molar-refractivity contribution in [2.45, 2.75) is 13.5 Å². The number of carbonyl (C=O) groups is 1. The highest BCUT2D eigenvalue weighted by Crippen LogP contribution is 2.27. The molecule has 6 nitrogen and oxygen atoms in total. The molecule has 1 saturated heterocycles. The number of nitrogens with zero attached hydrogens (tertiary/aromatic N) is 1. The molecule has 0 radical (unpaired) electrons. The molecule has 2 heterocycles. The van der Waals surface area contributed by atoms with Crippen LogP contribution in [0.2, 0.25) is 0 Å². The molecule has 0 saturated carbocycles. The Bertz CT molecular complexity index is 698. The molecule has 0 spiro atoms. The summed E-state index contributed by atoms with van der Waals surface area (Å²) in [7, 11) is 0. The van der Waals surface area contributed by atoms with Crippen LogP contribution in [-0.2, 0) is 6.61 Å². The Morgan fingerprint density at radius 3 is 2.91 bits per heavy atom. The van der Waals surface area contributed by atoms with Crippen LogP contribution in [0.25, 0.3) is 0 Å². The summed E-state index contributed by atoms with van der Waals surface area (Å²) in [4.78, 5) is 12.1. The summed E-state index contributed by atoms with van der Waals surface area (Å²) in [6.45, 7) is 4.79. The Kier molecular flexibility index (Phi) is 4.97. The van der Waals surface area contributed by atoms with Crippen LogP contribution in [0, 0.1) is 12.8 Å². The van der Waals surface area contributed by atoms with Gasteiger partial charge in [-0.05, 0) is 41.1 Å². The maximum Gasteiger partial charge on any atom is 0.251 e.